The maximum atomic E-state index is 6.21. The molecule has 2 N–H and O–H groups in total. The van der Waals surface area contributed by atoms with Gasteiger partial charge < -0.3 is 10.5 Å². The van der Waals surface area contributed by atoms with E-state index in [0.717, 1.165) is 23.5 Å². The molecule has 0 aromatic heterocycles. The topological polar surface area (TPSA) is 35.2 Å². The number of para-hydroxylation sites is 1. The van der Waals surface area contributed by atoms with Crippen molar-refractivity contribution in [3.63, 3.8) is 0 Å². The van der Waals surface area contributed by atoms with E-state index in [9.17, 15) is 0 Å². The van der Waals surface area contributed by atoms with Gasteiger partial charge in [-0.2, -0.15) is 0 Å². The molecule has 2 rings (SSSR count). The first-order chi connectivity index (χ1) is 9.20. The Morgan fingerprint density at radius 2 is 1.53 bits per heavy atom. The van der Waals surface area contributed by atoms with E-state index in [4.69, 9.17) is 10.5 Å². The molecule has 100 valence electrons. The smallest absolute Gasteiger partial charge is 0.127 e. The first-order valence-electron chi connectivity index (χ1n) is 6.79. The molecule has 2 unspecified atom stereocenters. The van der Waals surface area contributed by atoms with Crippen molar-refractivity contribution < 1.29 is 4.74 Å². The van der Waals surface area contributed by atoms with E-state index in [1.807, 2.05) is 42.5 Å². The van der Waals surface area contributed by atoms with Gasteiger partial charge in [0.2, 0.25) is 0 Å². The van der Waals surface area contributed by atoms with E-state index in [0.29, 0.717) is 5.92 Å². The van der Waals surface area contributed by atoms with Gasteiger partial charge in [0.1, 0.15) is 11.5 Å². The second kappa shape index (κ2) is 6.39. The van der Waals surface area contributed by atoms with E-state index in [-0.39, 0.29) is 6.04 Å². The van der Waals surface area contributed by atoms with Crippen molar-refractivity contribution in [3.05, 3.63) is 60.2 Å². The number of hydrogen-bond donors (Lipinski definition) is 1. The lowest BCUT2D eigenvalue weighted by atomic mass is 9.93. The molecule has 2 aromatic rings. The summed E-state index contributed by atoms with van der Waals surface area (Å²) in [4.78, 5) is 0. The fourth-order valence-electron chi connectivity index (χ4n) is 1.97. The summed E-state index contributed by atoms with van der Waals surface area (Å²) in [6.07, 6.45) is 1.09. The maximum absolute atomic E-state index is 6.21. The second-order valence-corrected chi connectivity index (χ2v) is 4.90. The fourth-order valence-corrected chi connectivity index (χ4v) is 1.97. The Balaban J connectivity index is 2.06. The lowest BCUT2D eigenvalue weighted by molar-refractivity contribution is 0.454. The first-order valence-corrected chi connectivity index (χ1v) is 6.79. The summed E-state index contributed by atoms with van der Waals surface area (Å²) in [6, 6.07) is 17.9. The quantitative estimate of drug-likeness (QED) is 0.852. The van der Waals surface area contributed by atoms with Crippen LogP contribution in [0.2, 0.25) is 0 Å². The van der Waals surface area contributed by atoms with Crippen LogP contribution >= 0.6 is 0 Å². The van der Waals surface area contributed by atoms with Crippen LogP contribution in [0.3, 0.4) is 0 Å². The molecule has 2 aromatic carbocycles. The molecule has 0 aliphatic heterocycles. The zero-order valence-corrected chi connectivity index (χ0v) is 11.5. The van der Waals surface area contributed by atoms with Crippen LogP contribution in [0, 0.1) is 5.92 Å². The van der Waals surface area contributed by atoms with Crippen LogP contribution in [-0.4, -0.2) is 0 Å². The van der Waals surface area contributed by atoms with Gasteiger partial charge in [0.15, 0.2) is 0 Å². The Kier molecular flexibility index (Phi) is 4.58. The second-order valence-electron chi connectivity index (χ2n) is 4.90. The minimum Gasteiger partial charge on any atom is -0.457 e. The molecule has 0 heterocycles. The molecule has 2 nitrogen and oxygen atoms in total. The molecular weight excluding hydrogens is 234 g/mol. The zero-order chi connectivity index (χ0) is 13.7. The Morgan fingerprint density at radius 3 is 2.11 bits per heavy atom. The molecule has 0 saturated heterocycles. The Hall–Kier alpha value is -1.80. The van der Waals surface area contributed by atoms with Crippen molar-refractivity contribution in [1.29, 1.82) is 0 Å². The highest BCUT2D eigenvalue weighted by Gasteiger charge is 2.12. The van der Waals surface area contributed by atoms with Crippen molar-refractivity contribution in [2.24, 2.45) is 11.7 Å². The number of hydrogen-bond acceptors (Lipinski definition) is 2. The van der Waals surface area contributed by atoms with Gasteiger partial charge in [-0.15, -0.1) is 0 Å². The van der Waals surface area contributed by atoms with Crippen molar-refractivity contribution in [2.45, 2.75) is 26.3 Å². The monoisotopic (exact) mass is 255 g/mol. The molecule has 0 saturated carbocycles. The van der Waals surface area contributed by atoms with Gasteiger partial charge in [0.25, 0.3) is 0 Å². The minimum atomic E-state index is 0.0933. The Labute approximate surface area is 115 Å². The number of rotatable bonds is 5. The highest BCUT2D eigenvalue weighted by atomic mass is 16.5. The van der Waals surface area contributed by atoms with E-state index in [2.05, 4.69) is 26.0 Å². The van der Waals surface area contributed by atoms with Gasteiger partial charge in [-0.1, -0.05) is 50.6 Å². The zero-order valence-electron chi connectivity index (χ0n) is 11.5. The first kappa shape index (κ1) is 13.6. The molecule has 0 aliphatic carbocycles. The molecular formula is C17H21NO. The number of benzene rings is 2. The molecule has 0 radical (unpaired) electrons. The summed E-state index contributed by atoms with van der Waals surface area (Å²) in [5, 5.41) is 0. The maximum Gasteiger partial charge on any atom is 0.127 e. The van der Waals surface area contributed by atoms with Gasteiger partial charge in [0, 0.05) is 6.04 Å². The van der Waals surface area contributed by atoms with Crippen LogP contribution in [0.5, 0.6) is 11.5 Å². The van der Waals surface area contributed by atoms with Crippen LogP contribution in [0.25, 0.3) is 0 Å². The van der Waals surface area contributed by atoms with Crippen LogP contribution in [0.1, 0.15) is 31.9 Å². The van der Waals surface area contributed by atoms with Crippen molar-refractivity contribution in [3.8, 4) is 11.5 Å². The largest absolute Gasteiger partial charge is 0.457 e. The number of ether oxygens (including phenoxy) is 1. The number of nitrogens with two attached hydrogens (primary N) is 1. The summed E-state index contributed by atoms with van der Waals surface area (Å²) in [7, 11) is 0. The average molecular weight is 255 g/mol. The normalized spacial score (nSPS) is 13.8. The van der Waals surface area contributed by atoms with E-state index in [1.54, 1.807) is 0 Å². The fraction of sp³-hybridized carbons (Fsp3) is 0.294. The Morgan fingerprint density at radius 1 is 0.947 bits per heavy atom. The third-order valence-electron chi connectivity index (χ3n) is 3.50. The SMILES string of the molecule is CCC(C)C(N)c1ccc(Oc2ccccc2)cc1. The summed E-state index contributed by atoms with van der Waals surface area (Å²) in [6.45, 7) is 4.34. The molecule has 0 fully saturated rings. The van der Waals surface area contributed by atoms with Gasteiger partial charge in [-0.25, -0.2) is 0 Å². The predicted molar refractivity (Wildman–Crippen MR) is 79.3 cm³/mol. The third kappa shape index (κ3) is 3.58. The lowest BCUT2D eigenvalue weighted by Gasteiger charge is -2.18. The van der Waals surface area contributed by atoms with Crippen molar-refractivity contribution >= 4 is 0 Å². The third-order valence-corrected chi connectivity index (χ3v) is 3.50. The minimum absolute atomic E-state index is 0.0933. The standard InChI is InChI=1S/C17H21NO/c1-3-13(2)17(18)14-9-11-16(12-10-14)19-15-7-5-4-6-8-15/h4-13,17H,3,18H2,1-2H3. The molecule has 2 heteroatoms. The van der Waals surface area contributed by atoms with Crippen molar-refractivity contribution in [2.75, 3.05) is 0 Å². The molecule has 0 spiro atoms. The van der Waals surface area contributed by atoms with Gasteiger partial charge >= 0.3 is 0 Å². The summed E-state index contributed by atoms with van der Waals surface area (Å²) in [5.41, 5.74) is 7.37. The van der Waals surface area contributed by atoms with Crippen LogP contribution in [-0.2, 0) is 0 Å². The van der Waals surface area contributed by atoms with Crippen molar-refractivity contribution in [1.82, 2.24) is 0 Å². The summed E-state index contributed by atoms with van der Waals surface area (Å²) >= 11 is 0. The van der Waals surface area contributed by atoms with Crippen LogP contribution in [0.4, 0.5) is 0 Å². The summed E-state index contributed by atoms with van der Waals surface area (Å²) in [5.74, 6) is 2.17. The highest BCUT2D eigenvalue weighted by Crippen LogP contribution is 2.26. The van der Waals surface area contributed by atoms with Crippen LogP contribution < -0.4 is 10.5 Å². The molecule has 19 heavy (non-hydrogen) atoms. The lowest BCUT2D eigenvalue weighted by Crippen LogP contribution is -2.18. The molecule has 2 atom stereocenters. The summed E-state index contributed by atoms with van der Waals surface area (Å²) < 4.78 is 5.76. The van der Waals surface area contributed by atoms with Gasteiger partial charge in [-0.3, -0.25) is 0 Å². The molecule has 0 bridgehead atoms. The van der Waals surface area contributed by atoms with Gasteiger partial charge in [-0.05, 0) is 35.7 Å². The Bertz CT molecular complexity index is 492. The van der Waals surface area contributed by atoms with Crippen LogP contribution in [0.15, 0.2) is 54.6 Å². The molecule has 0 amide bonds. The van der Waals surface area contributed by atoms with E-state index in [1.165, 1.54) is 0 Å². The average Bonchev–Trinajstić information content (AvgIpc) is 2.47. The highest BCUT2D eigenvalue weighted by molar-refractivity contribution is 5.33. The van der Waals surface area contributed by atoms with Gasteiger partial charge in [0.05, 0.1) is 0 Å². The predicted octanol–water partition coefficient (Wildman–Crippen LogP) is 4.52. The van der Waals surface area contributed by atoms with E-state index >= 15 is 0 Å². The molecule has 0 aliphatic rings. The van der Waals surface area contributed by atoms with E-state index < -0.39 is 0 Å².